The van der Waals surface area contributed by atoms with Crippen molar-refractivity contribution in [1.82, 2.24) is 0 Å². The Morgan fingerprint density at radius 1 is 1.61 bits per heavy atom. The van der Waals surface area contributed by atoms with Crippen LogP contribution in [-0.4, -0.2) is 23.3 Å². The highest BCUT2D eigenvalue weighted by molar-refractivity contribution is 5.91. The van der Waals surface area contributed by atoms with Crippen LogP contribution in [-0.2, 0) is 9.53 Å². The summed E-state index contributed by atoms with van der Waals surface area (Å²) in [4.78, 5) is 11.7. The molecule has 1 saturated heterocycles. The lowest BCUT2D eigenvalue weighted by Gasteiger charge is -2.47. The number of carbonyl (C=O) groups excluding carboxylic acids is 1. The third kappa shape index (κ3) is 1.65. The maximum atomic E-state index is 11.7. The summed E-state index contributed by atoms with van der Waals surface area (Å²) in [6.07, 6.45) is 1.40. The molecule has 1 aliphatic carbocycles. The summed E-state index contributed by atoms with van der Waals surface area (Å²) < 4.78 is 5.41. The number of hydrogen-bond acceptors (Lipinski definition) is 3. The van der Waals surface area contributed by atoms with E-state index in [-0.39, 0.29) is 23.4 Å². The van der Waals surface area contributed by atoms with Crippen LogP contribution in [0.4, 0.5) is 0 Å². The lowest BCUT2D eigenvalue weighted by atomic mass is 9.59. The van der Waals surface area contributed by atoms with E-state index in [2.05, 4.69) is 19.7 Å². The van der Waals surface area contributed by atoms with Crippen molar-refractivity contribution in [3.05, 3.63) is 37.0 Å². The zero-order valence-electron chi connectivity index (χ0n) is 11.0. The fourth-order valence-corrected chi connectivity index (χ4v) is 3.47. The Hall–Kier alpha value is -1.35. The molecular weight excluding hydrogens is 228 g/mol. The fourth-order valence-electron chi connectivity index (χ4n) is 3.47. The van der Waals surface area contributed by atoms with Crippen LogP contribution in [0.25, 0.3) is 0 Å². The molecule has 0 unspecified atom stereocenters. The highest BCUT2D eigenvalue weighted by atomic mass is 16.6. The van der Waals surface area contributed by atoms with E-state index in [9.17, 15) is 9.90 Å². The van der Waals surface area contributed by atoms with Crippen LogP contribution in [0.2, 0.25) is 0 Å². The molecule has 0 bridgehead atoms. The quantitative estimate of drug-likeness (QED) is 0.463. The number of rotatable bonds is 2. The van der Waals surface area contributed by atoms with Crippen molar-refractivity contribution in [2.24, 2.45) is 17.3 Å². The summed E-state index contributed by atoms with van der Waals surface area (Å²) in [6.45, 7) is 15.6. The molecule has 3 nitrogen and oxygen atoms in total. The van der Waals surface area contributed by atoms with E-state index >= 15 is 0 Å². The summed E-state index contributed by atoms with van der Waals surface area (Å²) in [5.74, 6) is -0.734. The summed E-state index contributed by atoms with van der Waals surface area (Å²) in [6, 6.07) is 0. The minimum Gasteiger partial charge on any atom is -0.458 e. The first-order valence-electron chi connectivity index (χ1n) is 6.18. The number of carbonyl (C=O) groups is 1. The monoisotopic (exact) mass is 248 g/mol. The summed E-state index contributed by atoms with van der Waals surface area (Å²) in [5.41, 5.74) is 1.02. The van der Waals surface area contributed by atoms with Gasteiger partial charge >= 0.3 is 5.97 Å². The number of aliphatic hydroxyl groups excluding tert-OH is 1. The van der Waals surface area contributed by atoms with Crippen molar-refractivity contribution in [3.8, 4) is 0 Å². The second-order valence-electron chi connectivity index (χ2n) is 5.73. The lowest BCUT2D eigenvalue weighted by molar-refractivity contribution is -0.145. The van der Waals surface area contributed by atoms with Crippen LogP contribution in [0.15, 0.2) is 37.0 Å². The molecule has 0 amide bonds. The highest BCUT2D eigenvalue weighted by Crippen LogP contribution is 2.52. The van der Waals surface area contributed by atoms with Gasteiger partial charge in [0, 0.05) is 11.5 Å². The molecule has 3 heteroatoms. The molecule has 0 aromatic rings. The van der Waals surface area contributed by atoms with Crippen LogP contribution in [0.1, 0.15) is 20.3 Å². The Balaban J connectivity index is 2.47. The Kier molecular flexibility index (Phi) is 2.98. The average molecular weight is 248 g/mol. The first-order chi connectivity index (χ1) is 8.31. The van der Waals surface area contributed by atoms with E-state index < -0.39 is 12.1 Å². The zero-order chi connectivity index (χ0) is 13.7. The largest absolute Gasteiger partial charge is 0.458 e. The predicted octanol–water partition coefficient (Wildman–Crippen LogP) is 2.23. The van der Waals surface area contributed by atoms with Crippen molar-refractivity contribution >= 4 is 5.97 Å². The predicted molar refractivity (Wildman–Crippen MR) is 69.7 cm³/mol. The number of ether oxygens (including phenoxy) is 1. The van der Waals surface area contributed by atoms with Gasteiger partial charge in [0.2, 0.25) is 0 Å². The summed E-state index contributed by atoms with van der Waals surface area (Å²) in [7, 11) is 0. The number of esters is 1. The molecule has 0 radical (unpaired) electrons. The molecule has 0 aromatic heterocycles. The van der Waals surface area contributed by atoms with Gasteiger partial charge in [0.05, 0.1) is 12.0 Å². The van der Waals surface area contributed by atoms with Crippen LogP contribution in [0.5, 0.6) is 0 Å². The van der Waals surface area contributed by atoms with Crippen LogP contribution in [0, 0.1) is 17.3 Å². The molecule has 0 aromatic carbocycles. The molecule has 1 heterocycles. The average Bonchev–Trinajstić information content (AvgIpc) is 2.54. The molecular formula is C15H20O3. The molecule has 18 heavy (non-hydrogen) atoms. The Morgan fingerprint density at radius 2 is 2.22 bits per heavy atom. The van der Waals surface area contributed by atoms with Crippen molar-refractivity contribution in [1.29, 1.82) is 0 Å². The van der Waals surface area contributed by atoms with Gasteiger partial charge in [-0.25, -0.2) is 4.79 Å². The smallest absolute Gasteiger partial charge is 0.334 e. The second kappa shape index (κ2) is 4.09. The molecule has 2 rings (SSSR count). The van der Waals surface area contributed by atoms with Crippen molar-refractivity contribution in [3.63, 3.8) is 0 Å². The van der Waals surface area contributed by atoms with Gasteiger partial charge in [-0.3, -0.25) is 0 Å². The van der Waals surface area contributed by atoms with E-state index in [0.29, 0.717) is 12.0 Å². The molecule has 2 fully saturated rings. The summed E-state index contributed by atoms with van der Waals surface area (Å²) in [5, 5.41) is 10.3. The Labute approximate surface area is 108 Å². The van der Waals surface area contributed by atoms with Gasteiger partial charge in [-0.15, -0.1) is 6.58 Å². The lowest BCUT2D eigenvalue weighted by Crippen LogP contribution is -2.49. The first kappa shape index (κ1) is 13.1. The van der Waals surface area contributed by atoms with E-state index in [1.807, 2.05) is 19.9 Å². The summed E-state index contributed by atoms with van der Waals surface area (Å²) >= 11 is 0. The maximum Gasteiger partial charge on any atom is 0.334 e. The third-order valence-corrected chi connectivity index (χ3v) is 4.36. The normalized spacial score (nSPS) is 43.3. The zero-order valence-corrected chi connectivity index (χ0v) is 11.0. The maximum absolute atomic E-state index is 11.7. The van der Waals surface area contributed by atoms with Gasteiger partial charge in [-0.05, 0) is 18.8 Å². The molecule has 1 N–H and O–H groups in total. The van der Waals surface area contributed by atoms with Crippen molar-refractivity contribution < 1.29 is 14.6 Å². The molecule has 98 valence electrons. The molecule has 0 spiro atoms. The second-order valence-corrected chi connectivity index (χ2v) is 5.73. The van der Waals surface area contributed by atoms with E-state index in [1.165, 1.54) is 0 Å². The van der Waals surface area contributed by atoms with E-state index in [4.69, 9.17) is 4.74 Å². The SMILES string of the molecule is C=C[C@]1(C)C[C@@H](O)[C@@H]2C(=C)C(=O)O[C@@H]2[C@H]1C(=C)C. The number of hydrogen-bond donors (Lipinski definition) is 1. The number of fused-ring (bicyclic) bond motifs is 1. The number of allylic oxidation sites excluding steroid dienone is 1. The van der Waals surface area contributed by atoms with Gasteiger partial charge < -0.3 is 9.84 Å². The van der Waals surface area contributed by atoms with Gasteiger partial charge in [0.1, 0.15) is 6.10 Å². The van der Waals surface area contributed by atoms with Crippen molar-refractivity contribution in [2.75, 3.05) is 0 Å². The minimum atomic E-state index is -0.618. The Morgan fingerprint density at radius 3 is 2.72 bits per heavy atom. The van der Waals surface area contributed by atoms with Gasteiger partial charge in [0.25, 0.3) is 0 Å². The Bertz CT molecular complexity index is 437. The highest BCUT2D eigenvalue weighted by Gasteiger charge is 2.56. The van der Waals surface area contributed by atoms with Gasteiger partial charge in [-0.2, -0.15) is 0 Å². The molecule has 1 aliphatic heterocycles. The number of aliphatic hydroxyl groups is 1. The van der Waals surface area contributed by atoms with Gasteiger partial charge in [-0.1, -0.05) is 31.7 Å². The molecule has 1 saturated carbocycles. The van der Waals surface area contributed by atoms with Crippen LogP contribution >= 0.6 is 0 Å². The van der Waals surface area contributed by atoms with E-state index in [0.717, 1.165) is 5.57 Å². The van der Waals surface area contributed by atoms with Gasteiger partial charge in [0.15, 0.2) is 0 Å². The minimum absolute atomic E-state index is 0.0217. The van der Waals surface area contributed by atoms with Crippen LogP contribution < -0.4 is 0 Å². The van der Waals surface area contributed by atoms with Crippen molar-refractivity contribution in [2.45, 2.75) is 32.5 Å². The molecule has 2 aliphatic rings. The molecule has 5 atom stereocenters. The van der Waals surface area contributed by atoms with E-state index in [1.54, 1.807) is 0 Å². The standard InChI is InChI=1S/C15H20O3/c1-6-15(5)7-10(16)11-9(4)14(17)18-13(11)12(15)8(2)3/h6,10-13,16H,1-2,4,7H2,3,5H3/t10-,11+,12-,13+,15-/m1/s1. The first-order valence-corrected chi connectivity index (χ1v) is 6.18. The third-order valence-electron chi connectivity index (χ3n) is 4.36. The topological polar surface area (TPSA) is 46.5 Å². The van der Waals surface area contributed by atoms with Crippen LogP contribution in [0.3, 0.4) is 0 Å². The fraction of sp³-hybridized carbons (Fsp3) is 0.533.